The first-order chi connectivity index (χ1) is 19.1. The molecular formula is C31H32N4O4. The van der Waals surface area contributed by atoms with E-state index in [2.05, 4.69) is 9.88 Å². The molecule has 1 aliphatic rings. The standard InChI is InChI=1S/C31H32N4O4/c1-38-21-20-34(31(37)32-25-11-4-2-5-12-25)23-29(36)35-19-18-33-17-9-16-28(33)30(35)24-10-8-15-27(22-24)39-26-13-6-3-7-14-26/h2-17,22,30H,18-21,23H2,1H3,(H,32,37). The molecular weight excluding hydrogens is 492 g/mol. The van der Waals surface area contributed by atoms with Gasteiger partial charge < -0.3 is 29.2 Å². The molecule has 0 saturated carbocycles. The normalized spacial score (nSPS) is 14.4. The highest BCUT2D eigenvalue weighted by Crippen LogP contribution is 2.35. The van der Waals surface area contributed by atoms with Crippen LogP contribution in [0.2, 0.25) is 0 Å². The number of rotatable bonds is 9. The zero-order valence-electron chi connectivity index (χ0n) is 21.9. The molecule has 1 atom stereocenters. The fraction of sp³-hybridized carbons (Fsp3) is 0.226. The molecule has 1 aliphatic heterocycles. The Morgan fingerprint density at radius 1 is 0.897 bits per heavy atom. The van der Waals surface area contributed by atoms with Gasteiger partial charge in [0.2, 0.25) is 5.91 Å². The van der Waals surface area contributed by atoms with E-state index in [4.69, 9.17) is 9.47 Å². The quantitative estimate of drug-likeness (QED) is 0.318. The maximum atomic E-state index is 13.8. The van der Waals surface area contributed by atoms with Crippen molar-refractivity contribution in [1.29, 1.82) is 0 Å². The number of para-hydroxylation sites is 2. The van der Waals surface area contributed by atoms with E-state index in [1.807, 2.05) is 108 Å². The first-order valence-electron chi connectivity index (χ1n) is 13.0. The van der Waals surface area contributed by atoms with Crippen LogP contribution in [0.4, 0.5) is 10.5 Å². The van der Waals surface area contributed by atoms with Gasteiger partial charge in [-0.3, -0.25) is 4.79 Å². The van der Waals surface area contributed by atoms with Crippen molar-refractivity contribution in [3.8, 4) is 11.5 Å². The number of carbonyl (C=O) groups is 2. The predicted octanol–water partition coefficient (Wildman–Crippen LogP) is 5.39. The molecule has 0 spiro atoms. The Kier molecular flexibility index (Phi) is 8.23. The highest BCUT2D eigenvalue weighted by molar-refractivity contribution is 5.92. The van der Waals surface area contributed by atoms with E-state index in [0.717, 1.165) is 17.0 Å². The van der Waals surface area contributed by atoms with Gasteiger partial charge in [0.15, 0.2) is 0 Å². The molecule has 4 aromatic rings. The second-order valence-corrected chi connectivity index (χ2v) is 9.31. The van der Waals surface area contributed by atoms with Crippen molar-refractivity contribution in [3.05, 3.63) is 115 Å². The lowest BCUT2D eigenvalue weighted by Crippen LogP contribution is -2.49. The highest BCUT2D eigenvalue weighted by atomic mass is 16.5. The van der Waals surface area contributed by atoms with E-state index in [1.165, 1.54) is 4.90 Å². The number of carbonyl (C=O) groups excluding carboxylic acids is 2. The number of amides is 3. The summed E-state index contributed by atoms with van der Waals surface area (Å²) in [5, 5.41) is 2.88. The summed E-state index contributed by atoms with van der Waals surface area (Å²) in [6.07, 6.45) is 2.03. The summed E-state index contributed by atoms with van der Waals surface area (Å²) >= 11 is 0. The number of ether oxygens (including phenoxy) is 2. The number of aromatic nitrogens is 1. The summed E-state index contributed by atoms with van der Waals surface area (Å²) in [4.78, 5) is 30.3. The monoisotopic (exact) mass is 524 g/mol. The van der Waals surface area contributed by atoms with E-state index < -0.39 is 0 Å². The number of urea groups is 1. The predicted molar refractivity (Wildman–Crippen MR) is 150 cm³/mol. The summed E-state index contributed by atoms with van der Waals surface area (Å²) in [5.41, 5.74) is 2.62. The average molecular weight is 525 g/mol. The summed E-state index contributed by atoms with van der Waals surface area (Å²) in [5.74, 6) is 1.30. The lowest BCUT2D eigenvalue weighted by molar-refractivity contribution is -0.134. The minimum atomic E-state index is -0.346. The Bertz CT molecular complexity index is 1390. The molecule has 5 rings (SSSR count). The van der Waals surface area contributed by atoms with Crippen molar-refractivity contribution < 1.29 is 19.1 Å². The SMILES string of the molecule is COCCN(CC(=O)N1CCn2cccc2C1c1cccc(Oc2ccccc2)c1)C(=O)Nc1ccccc1. The second kappa shape index (κ2) is 12.3. The van der Waals surface area contributed by atoms with Crippen molar-refractivity contribution in [3.63, 3.8) is 0 Å². The summed E-state index contributed by atoms with van der Waals surface area (Å²) in [7, 11) is 1.58. The minimum absolute atomic E-state index is 0.0700. The summed E-state index contributed by atoms with van der Waals surface area (Å²) in [6, 6.07) is 30.0. The van der Waals surface area contributed by atoms with Gasteiger partial charge in [0.1, 0.15) is 18.0 Å². The van der Waals surface area contributed by atoms with Crippen molar-refractivity contribution in [2.24, 2.45) is 0 Å². The van der Waals surface area contributed by atoms with Gasteiger partial charge in [-0.15, -0.1) is 0 Å². The molecule has 8 heteroatoms. The van der Waals surface area contributed by atoms with Crippen LogP contribution in [0, 0.1) is 0 Å². The van der Waals surface area contributed by atoms with E-state index >= 15 is 0 Å². The number of nitrogens with one attached hydrogen (secondary N) is 1. The van der Waals surface area contributed by atoms with Crippen LogP contribution in [-0.2, 0) is 16.1 Å². The molecule has 0 aliphatic carbocycles. The first-order valence-corrected chi connectivity index (χ1v) is 13.0. The summed E-state index contributed by atoms with van der Waals surface area (Å²) < 4.78 is 13.5. The zero-order chi connectivity index (χ0) is 27.0. The molecule has 0 bridgehead atoms. The van der Waals surface area contributed by atoms with Crippen molar-refractivity contribution in [1.82, 2.24) is 14.4 Å². The third kappa shape index (κ3) is 6.30. The minimum Gasteiger partial charge on any atom is -0.457 e. The number of methoxy groups -OCH3 is 1. The first kappa shape index (κ1) is 26.1. The van der Waals surface area contributed by atoms with E-state index in [1.54, 1.807) is 7.11 Å². The Morgan fingerprint density at radius 2 is 1.64 bits per heavy atom. The number of fused-ring (bicyclic) bond motifs is 1. The Morgan fingerprint density at radius 3 is 2.41 bits per heavy atom. The zero-order valence-corrected chi connectivity index (χ0v) is 21.9. The smallest absolute Gasteiger partial charge is 0.322 e. The topological polar surface area (TPSA) is 76.0 Å². The average Bonchev–Trinajstić information content (AvgIpc) is 3.45. The molecule has 3 amide bonds. The van der Waals surface area contributed by atoms with Gasteiger partial charge in [-0.05, 0) is 54.1 Å². The third-order valence-corrected chi connectivity index (χ3v) is 6.72. The van der Waals surface area contributed by atoms with Crippen LogP contribution in [-0.4, -0.2) is 59.7 Å². The molecule has 0 fully saturated rings. The van der Waals surface area contributed by atoms with Crippen LogP contribution in [0.25, 0.3) is 0 Å². The fourth-order valence-corrected chi connectivity index (χ4v) is 4.81. The van der Waals surface area contributed by atoms with Crippen LogP contribution in [0.3, 0.4) is 0 Å². The van der Waals surface area contributed by atoms with Gasteiger partial charge in [0, 0.05) is 44.3 Å². The van der Waals surface area contributed by atoms with Crippen LogP contribution in [0.15, 0.2) is 103 Å². The van der Waals surface area contributed by atoms with Gasteiger partial charge in [-0.25, -0.2) is 4.79 Å². The van der Waals surface area contributed by atoms with E-state index in [-0.39, 0.29) is 31.1 Å². The number of nitrogens with zero attached hydrogens (tertiary/aromatic N) is 3. The highest BCUT2D eigenvalue weighted by Gasteiger charge is 2.33. The Hall–Kier alpha value is -4.56. The molecule has 1 aromatic heterocycles. The lowest BCUT2D eigenvalue weighted by atomic mass is 9.99. The number of anilines is 1. The maximum absolute atomic E-state index is 13.8. The van der Waals surface area contributed by atoms with Crippen LogP contribution in [0.5, 0.6) is 11.5 Å². The second-order valence-electron chi connectivity index (χ2n) is 9.31. The van der Waals surface area contributed by atoms with Gasteiger partial charge >= 0.3 is 6.03 Å². The van der Waals surface area contributed by atoms with Gasteiger partial charge in [0.25, 0.3) is 0 Å². The molecule has 0 saturated heterocycles. The van der Waals surface area contributed by atoms with Gasteiger partial charge in [-0.2, -0.15) is 0 Å². The van der Waals surface area contributed by atoms with Crippen LogP contribution in [0.1, 0.15) is 17.3 Å². The molecule has 39 heavy (non-hydrogen) atoms. The van der Waals surface area contributed by atoms with Gasteiger partial charge in [-0.1, -0.05) is 48.5 Å². The largest absolute Gasteiger partial charge is 0.457 e. The third-order valence-electron chi connectivity index (χ3n) is 6.72. The number of hydrogen-bond donors (Lipinski definition) is 1. The number of hydrogen-bond acceptors (Lipinski definition) is 4. The molecule has 1 N–H and O–H groups in total. The molecule has 200 valence electrons. The van der Waals surface area contributed by atoms with Crippen molar-refractivity contribution >= 4 is 17.6 Å². The Balaban J connectivity index is 1.39. The van der Waals surface area contributed by atoms with Crippen LogP contribution >= 0.6 is 0 Å². The molecule has 1 unspecified atom stereocenters. The Labute approximate surface area is 228 Å². The molecule has 8 nitrogen and oxygen atoms in total. The lowest BCUT2D eigenvalue weighted by Gasteiger charge is -2.38. The van der Waals surface area contributed by atoms with Crippen molar-refractivity contribution in [2.75, 3.05) is 38.7 Å². The number of benzene rings is 3. The summed E-state index contributed by atoms with van der Waals surface area (Å²) in [6.45, 7) is 1.74. The maximum Gasteiger partial charge on any atom is 0.322 e. The van der Waals surface area contributed by atoms with E-state index in [0.29, 0.717) is 31.1 Å². The molecule has 2 heterocycles. The molecule has 0 radical (unpaired) electrons. The van der Waals surface area contributed by atoms with Crippen LogP contribution < -0.4 is 10.1 Å². The van der Waals surface area contributed by atoms with E-state index in [9.17, 15) is 9.59 Å². The fourth-order valence-electron chi connectivity index (χ4n) is 4.81. The molecule has 3 aromatic carbocycles. The van der Waals surface area contributed by atoms with Crippen molar-refractivity contribution in [2.45, 2.75) is 12.6 Å². The van der Waals surface area contributed by atoms with Gasteiger partial charge in [0.05, 0.1) is 12.6 Å².